The van der Waals surface area contributed by atoms with Crippen LogP contribution in [0.4, 0.5) is 16.2 Å². The number of anilines is 2. The molecule has 1 fully saturated rings. The molecule has 28 heavy (non-hydrogen) atoms. The second-order valence-electron chi connectivity index (χ2n) is 6.16. The molecule has 0 unspecified atom stereocenters. The zero-order valence-corrected chi connectivity index (χ0v) is 16.3. The molecule has 0 atom stereocenters. The van der Waals surface area contributed by atoms with Gasteiger partial charge in [0.05, 0.1) is 7.11 Å². The highest BCUT2D eigenvalue weighted by Crippen LogP contribution is 2.18. The van der Waals surface area contributed by atoms with E-state index in [1.807, 2.05) is 0 Å². The minimum Gasteiger partial charge on any atom is -0.497 e. The second kappa shape index (κ2) is 9.27. The molecule has 0 saturated carbocycles. The fraction of sp³-hybridized carbons (Fsp3) is 0.250. The maximum atomic E-state index is 12.3. The van der Waals surface area contributed by atoms with Gasteiger partial charge in [-0.3, -0.25) is 14.4 Å². The summed E-state index contributed by atoms with van der Waals surface area (Å²) in [6.45, 7) is 1.11. The lowest BCUT2D eigenvalue weighted by molar-refractivity contribution is -0.116. The third-order valence-corrected chi connectivity index (χ3v) is 5.12. The lowest BCUT2D eigenvalue weighted by atomic mass is 10.2. The van der Waals surface area contributed by atoms with E-state index in [4.69, 9.17) is 4.74 Å². The molecule has 0 aromatic heterocycles. The molecule has 2 aromatic carbocycles. The molecule has 0 spiro atoms. The Morgan fingerprint density at radius 1 is 1.04 bits per heavy atom. The van der Waals surface area contributed by atoms with Crippen LogP contribution in [-0.4, -0.2) is 47.9 Å². The summed E-state index contributed by atoms with van der Waals surface area (Å²) in [4.78, 5) is 37.6. The number of carbonyl (C=O) groups excluding carboxylic acids is 3. The Bertz CT molecular complexity index is 853. The monoisotopic (exact) mass is 399 g/mol. The van der Waals surface area contributed by atoms with Gasteiger partial charge in [0.15, 0.2) is 0 Å². The predicted octanol–water partition coefficient (Wildman–Crippen LogP) is 3.44. The number of amides is 3. The zero-order valence-electron chi connectivity index (χ0n) is 15.4. The molecule has 3 amide bonds. The summed E-state index contributed by atoms with van der Waals surface area (Å²) in [6, 6.07) is 13.7. The van der Waals surface area contributed by atoms with E-state index in [0.717, 1.165) is 5.75 Å². The van der Waals surface area contributed by atoms with Gasteiger partial charge in [-0.15, -0.1) is 0 Å². The smallest absolute Gasteiger partial charge is 0.281 e. The van der Waals surface area contributed by atoms with Crippen LogP contribution in [0.2, 0.25) is 0 Å². The van der Waals surface area contributed by atoms with Crippen LogP contribution in [0.1, 0.15) is 16.8 Å². The zero-order chi connectivity index (χ0) is 19.9. The number of rotatable bonds is 7. The van der Waals surface area contributed by atoms with Crippen molar-refractivity contribution in [1.82, 2.24) is 4.90 Å². The number of carbonyl (C=O) groups is 3. The minimum absolute atomic E-state index is 0.0278. The van der Waals surface area contributed by atoms with Gasteiger partial charge >= 0.3 is 0 Å². The van der Waals surface area contributed by atoms with Crippen LogP contribution in [0, 0.1) is 0 Å². The standard InChI is InChI=1S/C20H21N3O4S/c1-27-17-8-6-16(7-9-17)22-19(25)14-2-4-15(5-3-14)21-18(24)10-11-23-12-13-28-20(23)26/h2-9H,10-13H2,1H3,(H,21,24)(H,22,25). The molecule has 0 aliphatic carbocycles. The minimum atomic E-state index is -0.243. The van der Waals surface area contributed by atoms with Crippen molar-refractivity contribution in [1.29, 1.82) is 0 Å². The van der Waals surface area contributed by atoms with Gasteiger partial charge in [0.25, 0.3) is 11.1 Å². The van der Waals surface area contributed by atoms with E-state index >= 15 is 0 Å². The average molecular weight is 399 g/mol. The van der Waals surface area contributed by atoms with Crippen molar-refractivity contribution in [2.75, 3.05) is 36.6 Å². The van der Waals surface area contributed by atoms with Crippen LogP contribution in [0.5, 0.6) is 5.75 Å². The topological polar surface area (TPSA) is 87.7 Å². The van der Waals surface area contributed by atoms with Crippen LogP contribution in [0.15, 0.2) is 48.5 Å². The fourth-order valence-electron chi connectivity index (χ4n) is 2.67. The van der Waals surface area contributed by atoms with Crippen LogP contribution >= 0.6 is 11.8 Å². The van der Waals surface area contributed by atoms with Crippen LogP contribution in [-0.2, 0) is 4.79 Å². The summed E-state index contributed by atoms with van der Waals surface area (Å²) in [5.74, 6) is 1.08. The number of hydrogen-bond acceptors (Lipinski definition) is 5. The lowest BCUT2D eigenvalue weighted by Crippen LogP contribution is -2.27. The molecule has 2 N–H and O–H groups in total. The first-order valence-electron chi connectivity index (χ1n) is 8.82. The maximum absolute atomic E-state index is 12.3. The predicted molar refractivity (Wildman–Crippen MR) is 110 cm³/mol. The van der Waals surface area contributed by atoms with Crippen LogP contribution < -0.4 is 15.4 Å². The van der Waals surface area contributed by atoms with Crippen molar-refractivity contribution in [3.63, 3.8) is 0 Å². The molecule has 7 nitrogen and oxygen atoms in total. The molecule has 1 aliphatic rings. The van der Waals surface area contributed by atoms with Gasteiger partial charge in [-0.2, -0.15) is 0 Å². The molecule has 146 valence electrons. The summed E-state index contributed by atoms with van der Waals surface area (Å²) >= 11 is 1.28. The second-order valence-corrected chi connectivity index (χ2v) is 7.21. The SMILES string of the molecule is COc1ccc(NC(=O)c2ccc(NC(=O)CCN3CCSC3=O)cc2)cc1. The summed E-state index contributed by atoms with van der Waals surface area (Å²) in [6.07, 6.45) is 0.242. The molecular formula is C20H21N3O4S. The van der Waals surface area contributed by atoms with E-state index < -0.39 is 0 Å². The number of nitrogens with zero attached hydrogens (tertiary/aromatic N) is 1. The summed E-state index contributed by atoms with van der Waals surface area (Å²) < 4.78 is 5.09. The molecule has 0 radical (unpaired) electrons. The van der Waals surface area contributed by atoms with Gasteiger partial charge in [0.2, 0.25) is 5.91 Å². The molecule has 1 saturated heterocycles. The van der Waals surface area contributed by atoms with Crippen molar-refractivity contribution in [3.05, 3.63) is 54.1 Å². The number of thioether (sulfide) groups is 1. The van der Waals surface area contributed by atoms with E-state index in [9.17, 15) is 14.4 Å². The Balaban J connectivity index is 1.50. The van der Waals surface area contributed by atoms with Gasteiger partial charge in [-0.25, -0.2) is 0 Å². The summed E-state index contributed by atoms with van der Waals surface area (Å²) in [7, 11) is 1.58. The number of ether oxygens (including phenoxy) is 1. The Morgan fingerprint density at radius 3 is 2.29 bits per heavy atom. The number of hydrogen-bond donors (Lipinski definition) is 2. The van der Waals surface area contributed by atoms with Gasteiger partial charge in [-0.1, -0.05) is 11.8 Å². The first-order valence-corrected chi connectivity index (χ1v) is 9.81. The van der Waals surface area contributed by atoms with Gasteiger partial charge in [0, 0.05) is 42.2 Å². The first kappa shape index (κ1) is 19.8. The van der Waals surface area contributed by atoms with Crippen molar-refractivity contribution >= 4 is 40.2 Å². The first-order chi connectivity index (χ1) is 13.5. The van der Waals surface area contributed by atoms with Crippen molar-refractivity contribution < 1.29 is 19.1 Å². The van der Waals surface area contributed by atoms with E-state index in [1.165, 1.54) is 11.8 Å². The van der Waals surface area contributed by atoms with Crippen molar-refractivity contribution in [3.8, 4) is 5.75 Å². The molecule has 1 aliphatic heterocycles. The Morgan fingerprint density at radius 2 is 1.68 bits per heavy atom. The number of methoxy groups -OCH3 is 1. The normalized spacial score (nSPS) is 13.3. The molecule has 2 aromatic rings. The highest BCUT2D eigenvalue weighted by atomic mass is 32.2. The Labute approximate surface area is 167 Å². The summed E-state index contributed by atoms with van der Waals surface area (Å²) in [5, 5.41) is 5.61. The molecule has 0 bridgehead atoms. The quantitative estimate of drug-likeness (QED) is 0.745. The van der Waals surface area contributed by atoms with Crippen molar-refractivity contribution in [2.24, 2.45) is 0 Å². The van der Waals surface area contributed by atoms with E-state index in [1.54, 1.807) is 60.5 Å². The molecular weight excluding hydrogens is 378 g/mol. The van der Waals surface area contributed by atoms with Gasteiger partial charge in [-0.05, 0) is 48.5 Å². The van der Waals surface area contributed by atoms with Crippen LogP contribution in [0.3, 0.4) is 0 Å². The third kappa shape index (κ3) is 5.26. The lowest BCUT2D eigenvalue weighted by Gasteiger charge is -2.14. The van der Waals surface area contributed by atoms with E-state index in [2.05, 4.69) is 10.6 Å². The van der Waals surface area contributed by atoms with Gasteiger partial charge < -0.3 is 20.3 Å². The van der Waals surface area contributed by atoms with Crippen LogP contribution in [0.25, 0.3) is 0 Å². The van der Waals surface area contributed by atoms with E-state index in [-0.39, 0.29) is 23.5 Å². The Hall–Kier alpha value is -3.00. The van der Waals surface area contributed by atoms with Gasteiger partial charge in [0.1, 0.15) is 5.75 Å². The Kier molecular flexibility index (Phi) is 6.54. The number of nitrogens with one attached hydrogen (secondary N) is 2. The number of benzene rings is 2. The average Bonchev–Trinajstić information content (AvgIpc) is 3.12. The largest absolute Gasteiger partial charge is 0.497 e. The highest BCUT2D eigenvalue weighted by molar-refractivity contribution is 8.13. The fourth-order valence-corrected chi connectivity index (χ4v) is 3.52. The van der Waals surface area contributed by atoms with Crippen molar-refractivity contribution in [2.45, 2.75) is 6.42 Å². The highest BCUT2D eigenvalue weighted by Gasteiger charge is 2.21. The molecule has 8 heteroatoms. The maximum Gasteiger partial charge on any atom is 0.281 e. The van der Waals surface area contributed by atoms with E-state index in [0.29, 0.717) is 35.8 Å². The molecule has 1 heterocycles. The molecule has 3 rings (SSSR count). The summed E-state index contributed by atoms with van der Waals surface area (Å²) in [5.41, 5.74) is 1.75. The third-order valence-electron chi connectivity index (χ3n) is 4.23.